The molecule has 5 heteroatoms. The number of carbonyl (C=O) groups excluding carboxylic acids is 2. The normalized spacial score (nSPS) is 16.9. The molecule has 3 rings (SSSR count). The molecule has 1 aromatic rings. The summed E-state index contributed by atoms with van der Waals surface area (Å²) in [5, 5.41) is 2.66. The second-order valence-electron chi connectivity index (χ2n) is 3.88. The summed E-state index contributed by atoms with van der Waals surface area (Å²) in [6, 6.07) is 8.50. The van der Waals surface area contributed by atoms with Gasteiger partial charge in [0.15, 0.2) is 0 Å². The number of para-hydroxylation sites is 1. The minimum absolute atomic E-state index is 0.385. The number of benzene rings is 1. The molecule has 0 saturated carbocycles. The number of fused-ring (bicyclic) bond motifs is 1. The molecule has 0 aliphatic carbocycles. The first-order chi connectivity index (χ1) is 8.75. The average molecular weight is 242 g/mol. The number of ether oxygens (including phenoxy) is 1. The third-order valence-corrected chi connectivity index (χ3v) is 2.71. The van der Waals surface area contributed by atoms with Crippen LogP contribution in [0.2, 0.25) is 0 Å². The quantitative estimate of drug-likeness (QED) is 0.817. The molecule has 1 N–H and O–H groups in total. The molecule has 2 aliphatic heterocycles. The summed E-state index contributed by atoms with van der Waals surface area (Å²) in [5.41, 5.74) is 1.16. The van der Waals surface area contributed by atoms with Crippen molar-refractivity contribution in [3.05, 3.63) is 53.9 Å². The van der Waals surface area contributed by atoms with Gasteiger partial charge in [-0.1, -0.05) is 18.2 Å². The Bertz CT molecular complexity index is 575. The van der Waals surface area contributed by atoms with Crippen LogP contribution in [-0.2, 0) is 9.53 Å². The van der Waals surface area contributed by atoms with Crippen LogP contribution in [0.4, 0.5) is 10.5 Å². The molecular weight excluding hydrogens is 232 g/mol. The van der Waals surface area contributed by atoms with Gasteiger partial charge >= 0.3 is 6.03 Å². The number of nitrogens with one attached hydrogen (secondary N) is 1. The molecule has 18 heavy (non-hydrogen) atoms. The van der Waals surface area contributed by atoms with Crippen molar-refractivity contribution < 1.29 is 14.3 Å². The Labute approximate surface area is 103 Å². The summed E-state index contributed by atoms with van der Waals surface area (Å²) in [4.78, 5) is 24.8. The fourth-order valence-corrected chi connectivity index (χ4v) is 1.91. The highest BCUT2D eigenvalue weighted by molar-refractivity contribution is 6.10. The first-order valence-corrected chi connectivity index (χ1v) is 5.51. The molecule has 2 aliphatic rings. The van der Waals surface area contributed by atoms with E-state index in [2.05, 4.69) is 5.32 Å². The molecule has 0 fully saturated rings. The lowest BCUT2D eigenvalue weighted by Gasteiger charge is -2.15. The molecule has 0 unspecified atom stereocenters. The number of carbonyl (C=O) groups is 2. The van der Waals surface area contributed by atoms with Crippen molar-refractivity contribution in [2.75, 3.05) is 11.9 Å². The van der Waals surface area contributed by atoms with Gasteiger partial charge in [-0.15, -0.1) is 0 Å². The summed E-state index contributed by atoms with van der Waals surface area (Å²) in [6.45, 7) is 0.392. The predicted molar refractivity (Wildman–Crippen MR) is 64.4 cm³/mol. The zero-order valence-corrected chi connectivity index (χ0v) is 9.42. The number of rotatable bonds is 1. The van der Waals surface area contributed by atoms with Crippen molar-refractivity contribution in [1.29, 1.82) is 0 Å². The van der Waals surface area contributed by atoms with Crippen LogP contribution in [-0.4, -0.2) is 23.4 Å². The predicted octanol–water partition coefficient (Wildman–Crippen LogP) is 1.86. The third kappa shape index (κ3) is 1.66. The topological polar surface area (TPSA) is 58.6 Å². The Morgan fingerprint density at radius 1 is 1.28 bits per heavy atom. The van der Waals surface area contributed by atoms with E-state index < -0.39 is 6.03 Å². The van der Waals surface area contributed by atoms with Crippen molar-refractivity contribution in [2.24, 2.45) is 0 Å². The Morgan fingerprint density at radius 3 is 2.83 bits per heavy atom. The van der Waals surface area contributed by atoms with Gasteiger partial charge < -0.3 is 10.1 Å². The molecule has 3 amide bonds. The van der Waals surface area contributed by atoms with Gasteiger partial charge in [-0.3, -0.25) is 4.79 Å². The van der Waals surface area contributed by atoms with E-state index in [-0.39, 0.29) is 5.91 Å². The monoisotopic (exact) mass is 242 g/mol. The SMILES string of the molecule is O=C1C=C2OCC=C2N1C(=O)Nc1ccccc1. The number of hydrogen-bond donors (Lipinski definition) is 1. The zero-order valence-electron chi connectivity index (χ0n) is 9.42. The van der Waals surface area contributed by atoms with Crippen molar-refractivity contribution in [3.63, 3.8) is 0 Å². The lowest BCUT2D eigenvalue weighted by Crippen LogP contribution is -2.35. The van der Waals surface area contributed by atoms with Gasteiger partial charge in [0.25, 0.3) is 5.91 Å². The highest BCUT2D eigenvalue weighted by atomic mass is 16.5. The molecule has 5 nitrogen and oxygen atoms in total. The van der Waals surface area contributed by atoms with Gasteiger partial charge in [0.05, 0.1) is 5.70 Å². The fraction of sp³-hybridized carbons (Fsp3) is 0.0769. The van der Waals surface area contributed by atoms with Gasteiger partial charge in [-0.2, -0.15) is 0 Å². The van der Waals surface area contributed by atoms with Crippen LogP contribution in [0, 0.1) is 0 Å². The van der Waals surface area contributed by atoms with Gasteiger partial charge in [-0.05, 0) is 18.2 Å². The van der Waals surface area contributed by atoms with E-state index in [1.165, 1.54) is 6.08 Å². The van der Waals surface area contributed by atoms with Crippen LogP contribution in [0.25, 0.3) is 0 Å². The largest absolute Gasteiger partial charge is 0.487 e. The lowest BCUT2D eigenvalue weighted by atomic mass is 10.3. The molecule has 0 bridgehead atoms. The first kappa shape index (κ1) is 10.6. The van der Waals surface area contributed by atoms with Crippen LogP contribution >= 0.6 is 0 Å². The maximum absolute atomic E-state index is 12.0. The number of anilines is 1. The number of urea groups is 1. The summed E-state index contributed by atoms with van der Waals surface area (Å²) >= 11 is 0. The number of nitrogens with zero attached hydrogens (tertiary/aromatic N) is 1. The standard InChI is InChI=1S/C13H10N2O3/c16-12-8-11-10(6-7-18-11)15(12)13(17)14-9-4-2-1-3-5-9/h1-6,8H,7H2,(H,14,17). The van der Waals surface area contributed by atoms with E-state index in [0.717, 1.165) is 4.90 Å². The molecule has 0 atom stereocenters. The maximum Gasteiger partial charge on any atom is 0.333 e. The fourth-order valence-electron chi connectivity index (χ4n) is 1.91. The number of hydrogen-bond acceptors (Lipinski definition) is 3. The van der Waals surface area contributed by atoms with E-state index in [1.807, 2.05) is 18.2 Å². The average Bonchev–Trinajstić information content (AvgIpc) is 2.89. The molecule has 90 valence electrons. The van der Waals surface area contributed by atoms with E-state index in [0.29, 0.717) is 23.8 Å². The van der Waals surface area contributed by atoms with E-state index in [1.54, 1.807) is 18.2 Å². The van der Waals surface area contributed by atoms with Crippen LogP contribution in [0.15, 0.2) is 53.9 Å². The van der Waals surface area contributed by atoms with Crippen molar-refractivity contribution in [2.45, 2.75) is 0 Å². The molecule has 0 radical (unpaired) electrons. The molecule has 0 saturated heterocycles. The minimum Gasteiger partial charge on any atom is -0.487 e. The third-order valence-electron chi connectivity index (χ3n) is 2.71. The van der Waals surface area contributed by atoms with E-state index in [9.17, 15) is 9.59 Å². The smallest absolute Gasteiger partial charge is 0.333 e. The minimum atomic E-state index is -0.478. The van der Waals surface area contributed by atoms with Crippen molar-refractivity contribution in [3.8, 4) is 0 Å². The molecule has 2 heterocycles. The Balaban J connectivity index is 1.80. The summed E-state index contributed by atoms with van der Waals surface area (Å²) < 4.78 is 5.20. The Kier molecular flexibility index (Phi) is 2.37. The second-order valence-corrected chi connectivity index (χ2v) is 3.88. The summed E-state index contributed by atoms with van der Waals surface area (Å²) in [7, 11) is 0. The first-order valence-electron chi connectivity index (χ1n) is 5.51. The number of amides is 3. The molecular formula is C13H10N2O3. The highest BCUT2D eigenvalue weighted by Gasteiger charge is 2.36. The highest BCUT2D eigenvalue weighted by Crippen LogP contribution is 2.29. The van der Waals surface area contributed by atoms with Crippen molar-refractivity contribution >= 4 is 17.6 Å². The second kappa shape index (κ2) is 4.03. The maximum atomic E-state index is 12.0. The zero-order chi connectivity index (χ0) is 12.5. The summed E-state index contributed by atoms with van der Waals surface area (Å²) in [5.74, 6) is 0.0765. The van der Waals surface area contributed by atoms with Crippen molar-refractivity contribution in [1.82, 2.24) is 4.90 Å². The lowest BCUT2D eigenvalue weighted by molar-refractivity contribution is -0.120. The van der Waals surface area contributed by atoms with E-state index in [4.69, 9.17) is 4.74 Å². The van der Waals surface area contributed by atoms with Crippen LogP contribution in [0.5, 0.6) is 0 Å². The van der Waals surface area contributed by atoms with E-state index >= 15 is 0 Å². The van der Waals surface area contributed by atoms with Gasteiger partial charge in [-0.25, -0.2) is 9.69 Å². The van der Waals surface area contributed by atoms with Gasteiger partial charge in [0.2, 0.25) is 0 Å². The van der Waals surface area contributed by atoms with Crippen LogP contribution < -0.4 is 5.32 Å². The Hall–Kier alpha value is -2.56. The van der Waals surface area contributed by atoms with Gasteiger partial charge in [0, 0.05) is 11.8 Å². The molecule has 1 aromatic carbocycles. The number of imide groups is 1. The summed E-state index contributed by atoms with van der Waals surface area (Å²) in [6.07, 6.45) is 3.03. The van der Waals surface area contributed by atoms with Crippen LogP contribution in [0.3, 0.4) is 0 Å². The molecule has 0 aromatic heterocycles. The van der Waals surface area contributed by atoms with Gasteiger partial charge in [0.1, 0.15) is 12.4 Å². The van der Waals surface area contributed by atoms with Crippen LogP contribution in [0.1, 0.15) is 0 Å². The Morgan fingerprint density at radius 2 is 2.06 bits per heavy atom. The molecule has 0 spiro atoms.